The molecule has 6 aliphatic rings. The van der Waals surface area contributed by atoms with Gasteiger partial charge in [-0.05, 0) is 168 Å². The van der Waals surface area contributed by atoms with Crippen LogP contribution in [0.1, 0.15) is 133 Å². The molecule has 6 fully saturated rings. The highest BCUT2D eigenvalue weighted by Gasteiger charge is 2.34. The van der Waals surface area contributed by atoms with E-state index in [0.717, 1.165) is 51.9 Å². The highest BCUT2D eigenvalue weighted by Crippen LogP contribution is 2.32. The number of ether oxygens (including phenoxy) is 4. The topological polar surface area (TPSA) is 373 Å². The summed E-state index contributed by atoms with van der Waals surface area (Å²) >= 11 is 0. The third kappa shape index (κ3) is 22.6. The molecule has 5 amide bonds. The van der Waals surface area contributed by atoms with E-state index in [9.17, 15) is 46.3 Å². The molecule has 4 aliphatic heterocycles. The molecular weight excluding hydrogens is 1430 g/mol. The summed E-state index contributed by atoms with van der Waals surface area (Å²) in [5.74, 6) is -2.79. The van der Waals surface area contributed by atoms with Gasteiger partial charge < -0.3 is 93.7 Å². The summed E-state index contributed by atoms with van der Waals surface area (Å²) in [6.07, 6.45) is 2.76. The highest BCUT2D eigenvalue weighted by atomic mass is 19.1. The maximum Gasteiger partial charge on any atom is 0.410 e. The molecule has 2 saturated carbocycles. The average Bonchev–Trinajstić information content (AvgIpc) is 1.78. The number of hydrogen-bond acceptors (Lipinski definition) is 26. The predicted octanol–water partition coefficient (Wildman–Crippen LogP) is 9.09. The van der Waals surface area contributed by atoms with Crippen LogP contribution in [0.25, 0.3) is 34.2 Å². The van der Waals surface area contributed by atoms with Crippen molar-refractivity contribution in [2.45, 2.75) is 124 Å². The molecule has 7 heterocycles. The van der Waals surface area contributed by atoms with Crippen molar-refractivity contribution in [3.8, 4) is 34.2 Å². The quantitative estimate of drug-likeness (QED) is 0.0129. The normalized spacial score (nSPS) is 16.3. The Bertz CT molecular complexity index is 4370. The van der Waals surface area contributed by atoms with Crippen molar-refractivity contribution in [1.82, 2.24) is 61.1 Å². The number of halogens is 4. The maximum atomic E-state index is 14.6. The fraction of sp³-hybridized carbons (Fsp3) is 0.493. The molecule has 4 saturated heterocycles. The van der Waals surface area contributed by atoms with Crippen LogP contribution in [0.4, 0.5) is 54.7 Å². The van der Waals surface area contributed by atoms with E-state index in [1.165, 1.54) is 42.5 Å². The number of hydrogen-bond donors (Lipinski definition) is 5. The van der Waals surface area contributed by atoms with Gasteiger partial charge >= 0.3 is 53.7 Å². The van der Waals surface area contributed by atoms with Gasteiger partial charge in [-0.15, -0.1) is 0 Å². The van der Waals surface area contributed by atoms with Crippen LogP contribution >= 0.6 is 0 Å². The number of aromatic nitrogens is 6. The van der Waals surface area contributed by atoms with Gasteiger partial charge in [0.25, 0.3) is 0 Å². The van der Waals surface area contributed by atoms with E-state index < -0.39 is 40.3 Å². The lowest BCUT2D eigenvalue weighted by Gasteiger charge is -2.37. The second-order valence-electron chi connectivity index (χ2n) is 29.2. The third-order valence-corrected chi connectivity index (χ3v) is 17.2. The van der Waals surface area contributed by atoms with Crippen molar-refractivity contribution in [1.29, 1.82) is 0 Å². The number of piperazine rings is 4. The van der Waals surface area contributed by atoms with Crippen molar-refractivity contribution in [2.24, 2.45) is 10.9 Å². The van der Waals surface area contributed by atoms with Crippen LogP contribution in [0.3, 0.4) is 0 Å². The molecule has 6 N–H and O–H groups in total. The molecule has 0 atom stereocenters. The molecule has 109 heavy (non-hydrogen) atoms. The van der Waals surface area contributed by atoms with Crippen molar-refractivity contribution < 1.29 is 84.1 Å². The third-order valence-electron chi connectivity index (χ3n) is 17.2. The number of rotatable bonds is 14. The average molecular weight is 1520 g/mol. The highest BCUT2D eigenvalue weighted by molar-refractivity contribution is 5.98. The molecule has 36 heteroatoms. The number of anilines is 4. The van der Waals surface area contributed by atoms with Gasteiger partial charge in [0, 0.05) is 139 Å². The minimum absolute atomic E-state index is 0.0649. The minimum atomic E-state index is -0.711. The van der Waals surface area contributed by atoms with Gasteiger partial charge in [0.2, 0.25) is 17.5 Å². The number of carbonyl (C=O) groups excluding carboxylic acids is 6. The largest absolute Gasteiger partial charge is 0.459 e. The number of benzene rings is 4. The van der Waals surface area contributed by atoms with Crippen LogP contribution in [0, 0.1) is 23.3 Å². The van der Waals surface area contributed by atoms with E-state index in [-0.39, 0.29) is 95.5 Å². The number of nitrogens with zero attached hydrogens (tertiary/aromatic N) is 14. The van der Waals surface area contributed by atoms with Crippen molar-refractivity contribution in [2.75, 3.05) is 131 Å². The number of amides is 5. The van der Waals surface area contributed by atoms with E-state index in [4.69, 9.17) is 43.5 Å². The number of nitrogens with one attached hydrogen (secondary N) is 3. The first-order valence-corrected chi connectivity index (χ1v) is 35.9. The molecule has 4 aromatic carbocycles. The zero-order valence-corrected chi connectivity index (χ0v) is 62.5. The Hall–Kier alpha value is -11.3. The van der Waals surface area contributed by atoms with Gasteiger partial charge in [-0.1, -0.05) is 20.6 Å². The summed E-state index contributed by atoms with van der Waals surface area (Å²) in [4.78, 5) is 96.8. The molecule has 0 bridgehead atoms. The first-order chi connectivity index (χ1) is 51.8. The molecule has 0 radical (unpaired) electrons. The molecule has 7 aromatic rings. The number of oxime groups is 1. The SMILES string of the molecule is CC(C)(C)OC(=O)N1CCN(c2cc(-c3noc(C(=O)NC4CC4)n3)ccc2F)CC1.CC(C)(C)OC(=O)N1CCN(c2cc(/C(N)=N/O)ccc2F)CC1.CCOC(=O)c1nc(-c2ccc(F)c(N3CCN(C(=O)OC(C)(C)C)CC3)c2)no1.O=C(NC1CC1)c1nc(-c2ccc(F)c(N3CCNCC3)c2)no1. The Morgan fingerprint density at radius 1 is 0.486 bits per heavy atom. The van der Waals surface area contributed by atoms with Crippen LogP contribution in [-0.2, 0) is 18.9 Å². The van der Waals surface area contributed by atoms with E-state index in [1.807, 2.05) is 81.9 Å². The molecule has 2 aliphatic carbocycles. The molecule has 3 aromatic heterocycles. The summed E-state index contributed by atoms with van der Waals surface area (Å²) in [6.45, 7) is 26.6. The van der Waals surface area contributed by atoms with Crippen LogP contribution in [0.5, 0.6) is 0 Å². The fourth-order valence-electron chi connectivity index (χ4n) is 11.4. The lowest BCUT2D eigenvalue weighted by molar-refractivity contribution is 0.0230. The number of esters is 1. The van der Waals surface area contributed by atoms with Gasteiger partial charge in [0.1, 0.15) is 40.1 Å². The first kappa shape index (κ1) is 80.2. The zero-order valence-electron chi connectivity index (χ0n) is 62.5. The van der Waals surface area contributed by atoms with Gasteiger partial charge in [-0.3, -0.25) is 9.59 Å². The summed E-state index contributed by atoms with van der Waals surface area (Å²) in [7, 11) is 0. The lowest BCUT2D eigenvalue weighted by Crippen LogP contribution is -2.50. The van der Waals surface area contributed by atoms with E-state index in [2.05, 4.69) is 51.5 Å². The van der Waals surface area contributed by atoms with E-state index in [0.29, 0.717) is 124 Å². The van der Waals surface area contributed by atoms with Crippen LogP contribution in [-0.4, -0.2) is 232 Å². The number of nitrogens with two attached hydrogens (primary N) is 1. The maximum absolute atomic E-state index is 14.6. The standard InChI is InChI=1S/C21H26FN5O4.C20H25FN4O5.C16H18FN5O2.C16H23FN4O3/c1-21(2,3)30-20(29)27-10-8-26(9-11-27)16-12-13(4-7-15(16)22)17-24-19(31-25-17)18(28)23-14-5-6-14;1-5-28-18(26)17-22-16(23-30-17)13-6-7-14(21)15(12-13)24-8-10-25(11-9-24)19(27)29-20(2,3)4;17-12-4-1-10(9-13(12)22-7-5-18-6-8-22)14-20-16(24-21-14)15(23)19-11-2-3-11;1-16(2,3)24-15(22)21-8-6-20(7-9-21)13-10-11(14(18)19-23)4-5-12(13)17/h4,7,12,14H,5-6,8-11H2,1-3H3,(H,23,28);6-7,12H,5,8-11H2,1-4H3;1,4,9,11,18H,2-3,5-8H2,(H,19,23);4-5,10,23H,6-9H2,1-3H3,(H2,18,19). The number of amidine groups is 1. The smallest absolute Gasteiger partial charge is 0.410 e. The van der Waals surface area contributed by atoms with Gasteiger partial charge in [-0.2, -0.15) is 15.0 Å². The summed E-state index contributed by atoms with van der Waals surface area (Å²) in [5.41, 5.74) is 7.60. The van der Waals surface area contributed by atoms with Gasteiger partial charge in [0.05, 0.1) is 29.4 Å². The van der Waals surface area contributed by atoms with Crippen LogP contribution in [0.15, 0.2) is 91.5 Å². The van der Waals surface area contributed by atoms with Gasteiger partial charge in [-0.25, -0.2) is 36.7 Å². The molecular formula is C73H92F4N18O14. The molecule has 0 spiro atoms. The predicted molar refractivity (Wildman–Crippen MR) is 390 cm³/mol. The van der Waals surface area contributed by atoms with Gasteiger partial charge in [0.15, 0.2) is 5.84 Å². The minimum Gasteiger partial charge on any atom is -0.459 e. The fourth-order valence-corrected chi connectivity index (χ4v) is 11.4. The Kier molecular flexibility index (Phi) is 25.9. The first-order valence-electron chi connectivity index (χ1n) is 35.9. The monoisotopic (exact) mass is 1520 g/mol. The van der Waals surface area contributed by atoms with Crippen molar-refractivity contribution in [3.05, 3.63) is 119 Å². The van der Waals surface area contributed by atoms with E-state index in [1.54, 1.807) is 52.0 Å². The zero-order chi connectivity index (χ0) is 78.5. The number of carbonyl (C=O) groups is 6. The Labute approximate surface area is 626 Å². The summed E-state index contributed by atoms with van der Waals surface area (Å²) in [6, 6.07) is 18.3. The van der Waals surface area contributed by atoms with Crippen LogP contribution in [0.2, 0.25) is 0 Å². The van der Waals surface area contributed by atoms with Crippen LogP contribution < -0.4 is 41.3 Å². The Balaban J connectivity index is 0.000000156. The molecule has 13 rings (SSSR count). The summed E-state index contributed by atoms with van der Waals surface area (Å²) in [5, 5.41) is 32.0. The Morgan fingerprint density at radius 3 is 1.12 bits per heavy atom. The van der Waals surface area contributed by atoms with E-state index >= 15 is 0 Å². The molecule has 586 valence electrons. The summed E-state index contributed by atoms with van der Waals surface area (Å²) < 4.78 is 93.3. The molecule has 32 nitrogen and oxygen atoms in total. The van der Waals surface area contributed by atoms with Crippen molar-refractivity contribution in [3.63, 3.8) is 0 Å². The molecule has 0 unspecified atom stereocenters. The van der Waals surface area contributed by atoms with Crippen molar-refractivity contribution >= 4 is 64.6 Å². The lowest BCUT2D eigenvalue weighted by atomic mass is 10.1. The Morgan fingerprint density at radius 2 is 0.798 bits per heavy atom. The second kappa shape index (κ2) is 35.1. The second-order valence-corrected chi connectivity index (χ2v) is 29.2.